The van der Waals surface area contributed by atoms with E-state index in [4.69, 9.17) is 10.8 Å². The topological polar surface area (TPSA) is 92.4 Å². The molecule has 0 aliphatic rings. The number of nitrogens with one attached hydrogen (secondary N) is 1. The van der Waals surface area contributed by atoms with Crippen LogP contribution in [-0.2, 0) is 9.59 Å². The average Bonchev–Trinajstić information content (AvgIpc) is 2.20. The maximum absolute atomic E-state index is 11.5. The molecule has 0 radical (unpaired) electrons. The minimum atomic E-state index is -0.876. The van der Waals surface area contributed by atoms with Crippen molar-refractivity contribution in [3.05, 3.63) is 0 Å². The fourth-order valence-electron chi connectivity index (χ4n) is 1.23. The first-order valence-corrected chi connectivity index (χ1v) is 5.27. The summed E-state index contributed by atoms with van der Waals surface area (Å²) in [6.07, 6.45) is 1.18. The summed E-state index contributed by atoms with van der Waals surface area (Å²) in [7, 11) is 0. The van der Waals surface area contributed by atoms with Crippen molar-refractivity contribution < 1.29 is 14.7 Å². The Bertz CT molecular complexity index is 215. The number of carbonyl (C=O) groups is 2. The molecule has 0 aliphatic heterocycles. The normalized spacial score (nSPS) is 14.3. The summed E-state index contributed by atoms with van der Waals surface area (Å²) >= 11 is 0. The molecule has 15 heavy (non-hydrogen) atoms. The van der Waals surface area contributed by atoms with Gasteiger partial charge in [0.1, 0.15) is 0 Å². The molecule has 0 aromatic heterocycles. The number of carboxylic acid groups (broad SMARTS) is 1. The van der Waals surface area contributed by atoms with Gasteiger partial charge in [-0.25, -0.2) is 0 Å². The fourth-order valence-corrected chi connectivity index (χ4v) is 1.23. The zero-order valence-electron chi connectivity index (χ0n) is 9.32. The molecule has 0 rings (SSSR count). The minimum absolute atomic E-state index is 0.153. The van der Waals surface area contributed by atoms with Crippen LogP contribution < -0.4 is 11.1 Å². The highest BCUT2D eigenvalue weighted by Gasteiger charge is 2.19. The van der Waals surface area contributed by atoms with Crippen LogP contribution in [0.5, 0.6) is 0 Å². The van der Waals surface area contributed by atoms with Crippen LogP contribution in [0.1, 0.15) is 26.7 Å². The number of nitrogens with two attached hydrogens (primary N) is 1. The van der Waals surface area contributed by atoms with Gasteiger partial charge in [-0.1, -0.05) is 13.8 Å². The summed E-state index contributed by atoms with van der Waals surface area (Å²) in [5, 5.41) is 11.4. The first-order chi connectivity index (χ1) is 7.06. The Hall–Kier alpha value is -1.10. The summed E-state index contributed by atoms with van der Waals surface area (Å²) in [6, 6.07) is 0. The summed E-state index contributed by atoms with van der Waals surface area (Å²) < 4.78 is 0. The van der Waals surface area contributed by atoms with Crippen LogP contribution in [0.25, 0.3) is 0 Å². The third-order valence-electron chi connectivity index (χ3n) is 2.51. The predicted octanol–water partition coefficient (Wildman–Crippen LogP) is 0.198. The standard InChI is InChI=1S/C10H20N2O3/c1-3-7(5-11)9(13)12-6-8(4-2)10(14)15/h7-8H,3-6,11H2,1-2H3,(H,12,13)(H,14,15). The third-order valence-corrected chi connectivity index (χ3v) is 2.51. The first-order valence-electron chi connectivity index (χ1n) is 5.27. The molecule has 0 fully saturated rings. The molecule has 0 aromatic rings. The second-order valence-corrected chi connectivity index (χ2v) is 3.53. The Kier molecular flexibility index (Phi) is 6.70. The molecule has 4 N–H and O–H groups in total. The summed E-state index contributed by atoms with van der Waals surface area (Å²) in [5.41, 5.74) is 5.41. The second-order valence-electron chi connectivity index (χ2n) is 3.53. The lowest BCUT2D eigenvalue weighted by molar-refractivity contribution is -0.141. The van der Waals surface area contributed by atoms with Crippen LogP contribution in [0.3, 0.4) is 0 Å². The van der Waals surface area contributed by atoms with E-state index in [9.17, 15) is 9.59 Å². The predicted molar refractivity (Wildman–Crippen MR) is 57.3 cm³/mol. The Morgan fingerprint density at radius 2 is 1.80 bits per heavy atom. The Morgan fingerprint density at radius 1 is 1.27 bits per heavy atom. The SMILES string of the molecule is CCC(CNC(=O)C(CC)CN)C(=O)O. The van der Waals surface area contributed by atoms with Gasteiger partial charge in [-0.05, 0) is 12.8 Å². The molecule has 2 atom stereocenters. The highest BCUT2D eigenvalue weighted by Crippen LogP contribution is 2.03. The van der Waals surface area contributed by atoms with E-state index in [1.54, 1.807) is 6.92 Å². The van der Waals surface area contributed by atoms with E-state index in [2.05, 4.69) is 5.32 Å². The van der Waals surface area contributed by atoms with Crippen molar-refractivity contribution >= 4 is 11.9 Å². The van der Waals surface area contributed by atoms with Gasteiger partial charge < -0.3 is 16.2 Å². The molecule has 0 saturated carbocycles. The molecule has 0 heterocycles. The lowest BCUT2D eigenvalue weighted by Gasteiger charge is -2.15. The van der Waals surface area contributed by atoms with Gasteiger partial charge >= 0.3 is 5.97 Å². The van der Waals surface area contributed by atoms with Gasteiger partial charge in [-0.15, -0.1) is 0 Å². The lowest BCUT2D eigenvalue weighted by atomic mass is 10.0. The number of carboxylic acids is 1. The second kappa shape index (κ2) is 7.23. The van der Waals surface area contributed by atoms with E-state index < -0.39 is 11.9 Å². The quantitative estimate of drug-likeness (QED) is 0.566. The average molecular weight is 216 g/mol. The number of aliphatic carboxylic acids is 1. The van der Waals surface area contributed by atoms with Crippen molar-refractivity contribution in [2.24, 2.45) is 17.6 Å². The van der Waals surface area contributed by atoms with Gasteiger partial charge in [-0.2, -0.15) is 0 Å². The molecule has 0 aromatic carbocycles. The van der Waals surface area contributed by atoms with Crippen molar-refractivity contribution in [2.75, 3.05) is 13.1 Å². The Labute approximate surface area is 90.0 Å². The van der Waals surface area contributed by atoms with Crippen LogP contribution in [-0.4, -0.2) is 30.1 Å². The van der Waals surface area contributed by atoms with Crippen LogP contribution >= 0.6 is 0 Å². The van der Waals surface area contributed by atoms with Gasteiger partial charge in [-0.3, -0.25) is 9.59 Å². The fraction of sp³-hybridized carbons (Fsp3) is 0.800. The third kappa shape index (κ3) is 4.78. The Morgan fingerprint density at radius 3 is 2.13 bits per heavy atom. The van der Waals surface area contributed by atoms with Gasteiger partial charge in [0.15, 0.2) is 0 Å². The monoisotopic (exact) mass is 216 g/mol. The highest BCUT2D eigenvalue weighted by molar-refractivity contribution is 5.79. The number of rotatable bonds is 7. The number of hydrogen-bond donors (Lipinski definition) is 3. The van der Waals surface area contributed by atoms with Crippen LogP contribution in [0, 0.1) is 11.8 Å². The van der Waals surface area contributed by atoms with Gasteiger partial charge in [0, 0.05) is 19.0 Å². The summed E-state index contributed by atoms with van der Waals surface area (Å²) in [4.78, 5) is 22.1. The molecule has 2 unspecified atom stereocenters. The van der Waals surface area contributed by atoms with Gasteiger partial charge in [0.05, 0.1) is 5.92 Å². The summed E-state index contributed by atoms with van der Waals surface area (Å²) in [5.74, 6) is -1.75. The molecule has 0 bridgehead atoms. The van der Waals surface area contributed by atoms with E-state index in [1.807, 2.05) is 6.92 Å². The molecule has 0 saturated heterocycles. The maximum atomic E-state index is 11.5. The summed E-state index contributed by atoms with van der Waals surface area (Å²) in [6.45, 7) is 4.14. The highest BCUT2D eigenvalue weighted by atomic mass is 16.4. The minimum Gasteiger partial charge on any atom is -0.481 e. The lowest BCUT2D eigenvalue weighted by Crippen LogP contribution is -2.38. The van der Waals surface area contributed by atoms with E-state index in [0.29, 0.717) is 19.4 Å². The van der Waals surface area contributed by atoms with Crippen molar-refractivity contribution in [3.63, 3.8) is 0 Å². The first kappa shape index (κ1) is 13.9. The molecule has 0 spiro atoms. The van der Waals surface area contributed by atoms with Crippen molar-refractivity contribution in [1.29, 1.82) is 0 Å². The smallest absolute Gasteiger partial charge is 0.308 e. The van der Waals surface area contributed by atoms with E-state index in [-0.39, 0.29) is 18.4 Å². The van der Waals surface area contributed by atoms with Crippen molar-refractivity contribution in [1.82, 2.24) is 5.32 Å². The molecular formula is C10H20N2O3. The van der Waals surface area contributed by atoms with E-state index in [0.717, 1.165) is 0 Å². The van der Waals surface area contributed by atoms with Crippen LogP contribution in [0.2, 0.25) is 0 Å². The molecular weight excluding hydrogens is 196 g/mol. The van der Waals surface area contributed by atoms with Gasteiger partial charge in [0.25, 0.3) is 0 Å². The van der Waals surface area contributed by atoms with E-state index in [1.165, 1.54) is 0 Å². The van der Waals surface area contributed by atoms with E-state index >= 15 is 0 Å². The van der Waals surface area contributed by atoms with Crippen molar-refractivity contribution in [3.8, 4) is 0 Å². The molecule has 1 amide bonds. The molecule has 88 valence electrons. The maximum Gasteiger partial charge on any atom is 0.308 e. The van der Waals surface area contributed by atoms with Crippen LogP contribution in [0.4, 0.5) is 0 Å². The number of amides is 1. The van der Waals surface area contributed by atoms with Crippen LogP contribution in [0.15, 0.2) is 0 Å². The molecule has 5 heteroatoms. The zero-order valence-corrected chi connectivity index (χ0v) is 9.32. The van der Waals surface area contributed by atoms with Gasteiger partial charge in [0.2, 0.25) is 5.91 Å². The molecule has 5 nitrogen and oxygen atoms in total. The zero-order chi connectivity index (χ0) is 11.8. The number of carbonyl (C=O) groups excluding carboxylic acids is 1. The Balaban J connectivity index is 4.02. The largest absolute Gasteiger partial charge is 0.481 e. The van der Waals surface area contributed by atoms with Crippen molar-refractivity contribution in [2.45, 2.75) is 26.7 Å². The molecule has 0 aliphatic carbocycles. The number of hydrogen-bond acceptors (Lipinski definition) is 3.